The van der Waals surface area contributed by atoms with Gasteiger partial charge in [0.25, 0.3) is 5.91 Å². The standard InChI is InChI=1S/C22H23BN2O3/c1-21(2)22(3,4)28-23(27-21)16-10-11-18-15(13-16)7-5-9-19(18)20(26)25-17-8-6-12-24-14-17/h5-14H,1-4H3,(H,25,26). The van der Waals surface area contributed by atoms with E-state index in [4.69, 9.17) is 9.31 Å². The molecule has 0 aliphatic carbocycles. The number of carbonyl (C=O) groups excluding carboxylic acids is 1. The molecule has 1 N–H and O–H groups in total. The maximum absolute atomic E-state index is 12.8. The number of benzene rings is 2. The van der Waals surface area contributed by atoms with Gasteiger partial charge < -0.3 is 14.6 Å². The Hall–Kier alpha value is -2.70. The minimum Gasteiger partial charge on any atom is -0.399 e. The molecule has 0 atom stereocenters. The van der Waals surface area contributed by atoms with Crippen LogP contribution in [0.3, 0.4) is 0 Å². The fourth-order valence-electron chi connectivity index (χ4n) is 3.26. The van der Waals surface area contributed by atoms with E-state index in [0.717, 1.165) is 16.2 Å². The molecule has 2 heterocycles. The predicted octanol–water partition coefficient (Wildman–Crippen LogP) is 3.79. The highest BCUT2D eigenvalue weighted by atomic mass is 16.7. The van der Waals surface area contributed by atoms with Gasteiger partial charge in [0.2, 0.25) is 0 Å². The van der Waals surface area contributed by atoms with Crippen LogP contribution in [0.4, 0.5) is 5.69 Å². The smallest absolute Gasteiger partial charge is 0.399 e. The van der Waals surface area contributed by atoms with Crippen molar-refractivity contribution in [2.24, 2.45) is 0 Å². The largest absolute Gasteiger partial charge is 0.494 e. The molecule has 1 aliphatic rings. The molecule has 6 heteroatoms. The summed E-state index contributed by atoms with van der Waals surface area (Å²) in [4.78, 5) is 16.8. The minimum absolute atomic E-state index is 0.165. The van der Waals surface area contributed by atoms with E-state index in [0.29, 0.717) is 11.3 Å². The van der Waals surface area contributed by atoms with Crippen molar-refractivity contribution in [3.05, 3.63) is 66.5 Å². The van der Waals surface area contributed by atoms with Crippen LogP contribution in [0.5, 0.6) is 0 Å². The van der Waals surface area contributed by atoms with Crippen molar-refractivity contribution in [3.8, 4) is 0 Å². The first kappa shape index (κ1) is 18.7. The van der Waals surface area contributed by atoms with Gasteiger partial charge in [0.1, 0.15) is 0 Å². The van der Waals surface area contributed by atoms with Crippen molar-refractivity contribution in [1.29, 1.82) is 0 Å². The van der Waals surface area contributed by atoms with E-state index in [1.807, 2.05) is 70.2 Å². The normalized spacial score (nSPS) is 17.6. The predicted molar refractivity (Wildman–Crippen MR) is 112 cm³/mol. The van der Waals surface area contributed by atoms with Crippen LogP contribution in [0.25, 0.3) is 10.8 Å². The molecule has 28 heavy (non-hydrogen) atoms. The lowest BCUT2D eigenvalue weighted by Crippen LogP contribution is -2.41. The van der Waals surface area contributed by atoms with Gasteiger partial charge in [0.15, 0.2) is 0 Å². The van der Waals surface area contributed by atoms with Gasteiger partial charge in [-0.3, -0.25) is 9.78 Å². The van der Waals surface area contributed by atoms with E-state index >= 15 is 0 Å². The van der Waals surface area contributed by atoms with Gasteiger partial charge in [-0.2, -0.15) is 0 Å². The fourth-order valence-corrected chi connectivity index (χ4v) is 3.26. The van der Waals surface area contributed by atoms with Gasteiger partial charge in [0.05, 0.1) is 23.1 Å². The SMILES string of the molecule is CC1(C)OB(c2ccc3c(C(=O)Nc4cccnc4)cccc3c2)OC1(C)C. The molecule has 0 unspecified atom stereocenters. The molecule has 5 nitrogen and oxygen atoms in total. The maximum Gasteiger partial charge on any atom is 0.494 e. The lowest BCUT2D eigenvalue weighted by Gasteiger charge is -2.32. The Morgan fingerprint density at radius 3 is 2.43 bits per heavy atom. The van der Waals surface area contributed by atoms with Gasteiger partial charge in [0, 0.05) is 11.8 Å². The Morgan fingerprint density at radius 1 is 1.00 bits per heavy atom. The fraction of sp³-hybridized carbons (Fsp3) is 0.273. The molecule has 0 radical (unpaired) electrons. The topological polar surface area (TPSA) is 60.5 Å². The third kappa shape index (κ3) is 3.30. The van der Waals surface area contributed by atoms with E-state index in [2.05, 4.69) is 10.3 Å². The number of carbonyl (C=O) groups is 1. The molecular weight excluding hydrogens is 351 g/mol. The van der Waals surface area contributed by atoms with Crippen molar-refractivity contribution in [1.82, 2.24) is 4.98 Å². The van der Waals surface area contributed by atoms with Gasteiger partial charge in [-0.1, -0.05) is 30.3 Å². The Morgan fingerprint density at radius 2 is 1.75 bits per heavy atom. The number of fused-ring (bicyclic) bond motifs is 1. The van der Waals surface area contributed by atoms with Crippen LogP contribution in [0.15, 0.2) is 60.9 Å². The van der Waals surface area contributed by atoms with Crippen LogP contribution >= 0.6 is 0 Å². The molecule has 1 aliphatic heterocycles. The summed E-state index contributed by atoms with van der Waals surface area (Å²) in [5.41, 5.74) is 1.44. The second kappa shape index (κ2) is 6.72. The Balaban J connectivity index is 1.65. The average Bonchev–Trinajstić information content (AvgIpc) is 2.89. The van der Waals surface area contributed by atoms with Crippen molar-refractivity contribution < 1.29 is 14.1 Å². The van der Waals surface area contributed by atoms with Gasteiger partial charge in [-0.15, -0.1) is 0 Å². The number of anilines is 1. The monoisotopic (exact) mass is 374 g/mol. The number of hydrogen-bond donors (Lipinski definition) is 1. The maximum atomic E-state index is 12.8. The van der Waals surface area contributed by atoms with Crippen molar-refractivity contribution >= 4 is 34.9 Å². The van der Waals surface area contributed by atoms with Crippen LogP contribution in [0.1, 0.15) is 38.1 Å². The molecule has 0 bridgehead atoms. The zero-order valence-corrected chi connectivity index (χ0v) is 16.5. The Labute approximate surface area is 165 Å². The Kier molecular flexibility index (Phi) is 4.48. The first-order chi connectivity index (χ1) is 13.3. The van der Waals surface area contributed by atoms with Gasteiger partial charge in [-0.05, 0) is 62.1 Å². The number of hydrogen-bond acceptors (Lipinski definition) is 4. The third-order valence-electron chi connectivity index (χ3n) is 5.59. The van der Waals surface area contributed by atoms with Gasteiger partial charge >= 0.3 is 7.12 Å². The molecule has 0 saturated carbocycles. The molecule has 2 aromatic carbocycles. The van der Waals surface area contributed by atoms with E-state index in [1.165, 1.54) is 0 Å². The molecular formula is C22H23BN2O3. The highest BCUT2D eigenvalue weighted by Gasteiger charge is 2.51. The van der Waals surface area contributed by atoms with Crippen LogP contribution < -0.4 is 10.8 Å². The first-order valence-corrected chi connectivity index (χ1v) is 9.36. The molecule has 1 fully saturated rings. The molecule has 1 saturated heterocycles. The summed E-state index contributed by atoms with van der Waals surface area (Å²) in [6, 6.07) is 15.2. The van der Waals surface area contributed by atoms with Crippen molar-refractivity contribution in [2.75, 3.05) is 5.32 Å². The third-order valence-corrected chi connectivity index (χ3v) is 5.59. The number of nitrogens with one attached hydrogen (secondary N) is 1. The van der Waals surface area contributed by atoms with E-state index in [1.54, 1.807) is 18.5 Å². The summed E-state index contributed by atoms with van der Waals surface area (Å²) in [7, 11) is -0.428. The number of nitrogens with zero attached hydrogens (tertiary/aromatic N) is 1. The summed E-state index contributed by atoms with van der Waals surface area (Å²) in [6.07, 6.45) is 3.30. The molecule has 1 amide bonds. The molecule has 1 aromatic heterocycles. The summed E-state index contributed by atoms with van der Waals surface area (Å²) >= 11 is 0. The van der Waals surface area contributed by atoms with Crippen molar-refractivity contribution in [2.45, 2.75) is 38.9 Å². The van der Waals surface area contributed by atoms with Crippen LogP contribution in [-0.2, 0) is 9.31 Å². The van der Waals surface area contributed by atoms with Gasteiger partial charge in [-0.25, -0.2) is 0 Å². The summed E-state index contributed by atoms with van der Waals surface area (Å²) < 4.78 is 12.3. The highest BCUT2D eigenvalue weighted by Crippen LogP contribution is 2.36. The second-order valence-corrected chi connectivity index (χ2v) is 8.07. The lowest BCUT2D eigenvalue weighted by atomic mass is 9.78. The summed E-state index contributed by atoms with van der Waals surface area (Å²) in [5, 5.41) is 4.73. The Bertz CT molecular complexity index is 1020. The molecule has 142 valence electrons. The first-order valence-electron chi connectivity index (χ1n) is 9.36. The average molecular weight is 374 g/mol. The van der Waals surface area contributed by atoms with Crippen LogP contribution in [0.2, 0.25) is 0 Å². The zero-order chi connectivity index (χ0) is 19.9. The minimum atomic E-state index is -0.428. The molecule has 0 spiro atoms. The summed E-state index contributed by atoms with van der Waals surface area (Å²) in [5.74, 6) is -0.165. The number of aromatic nitrogens is 1. The number of pyridine rings is 1. The molecule has 4 rings (SSSR count). The quantitative estimate of drug-likeness (QED) is 0.709. The van der Waals surface area contributed by atoms with E-state index in [9.17, 15) is 4.79 Å². The second-order valence-electron chi connectivity index (χ2n) is 8.07. The number of rotatable bonds is 3. The highest BCUT2D eigenvalue weighted by molar-refractivity contribution is 6.62. The van der Waals surface area contributed by atoms with E-state index in [-0.39, 0.29) is 5.91 Å². The van der Waals surface area contributed by atoms with Crippen LogP contribution in [-0.4, -0.2) is 29.2 Å². The molecule has 3 aromatic rings. The number of amides is 1. The van der Waals surface area contributed by atoms with Crippen LogP contribution in [0, 0.1) is 0 Å². The summed E-state index contributed by atoms with van der Waals surface area (Å²) in [6.45, 7) is 8.15. The van der Waals surface area contributed by atoms with Crippen molar-refractivity contribution in [3.63, 3.8) is 0 Å². The zero-order valence-electron chi connectivity index (χ0n) is 16.5. The van der Waals surface area contributed by atoms with E-state index < -0.39 is 18.3 Å². The lowest BCUT2D eigenvalue weighted by molar-refractivity contribution is 0.00578.